The first-order valence-electron chi connectivity index (χ1n) is 4.44. The Bertz CT molecular complexity index is 374. The molecule has 0 aromatic heterocycles. The van der Waals surface area contributed by atoms with Crippen LogP contribution in [0.3, 0.4) is 0 Å². The number of nitrogens with one attached hydrogen (secondary N) is 1. The van der Waals surface area contributed by atoms with Gasteiger partial charge in [-0.05, 0) is 59.3 Å². The lowest BCUT2D eigenvalue weighted by Crippen LogP contribution is -2.35. The lowest BCUT2D eigenvalue weighted by atomic mass is 9.96. The molecule has 1 aromatic rings. The minimum absolute atomic E-state index is 0.348. The Morgan fingerprint density at radius 2 is 2.29 bits per heavy atom. The molecule has 2 rings (SSSR count). The molecule has 0 unspecified atom stereocenters. The molecule has 74 valence electrons. The van der Waals surface area contributed by atoms with E-state index in [0.717, 1.165) is 22.1 Å². The van der Waals surface area contributed by atoms with Gasteiger partial charge in [0.25, 0.3) is 0 Å². The summed E-state index contributed by atoms with van der Waals surface area (Å²) in [4.78, 5) is 10.8. The number of carboxylic acids is 1. The van der Waals surface area contributed by atoms with Crippen LogP contribution in [-0.2, 0) is 0 Å². The van der Waals surface area contributed by atoms with Crippen LogP contribution in [-0.4, -0.2) is 17.6 Å². The van der Waals surface area contributed by atoms with E-state index < -0.39 is 5.97 Å². The van der Waals surface area contributed by atoms with E-state index in [2.05, 4.69) is 27.9 Å². The van der Waals surface area contributed by atoms with Gasteiger partial charge in [-0.1, -0.05) is 0 Å². The number of carboxylic acid groups (broad SMARTS) is 1. The Morgan fingerprint density at radius 3 is 2.79 bits per heavy atom. The smallest absolute Gasteiger partial charge is 0.335 e. The lowest BCUT2D eigenvalue weighted by Gasteiger charge is -2.29. The second-order valence-corrected chi connectivity index (χ2v) is 4.50. The molecule has 14 heavy (non-hydrogen) atoms. The maximum Gasteiger partial charge on any atom is 0.335 e. The van der Waals surface area contributed by atoms with Crippen LogP contribution in [0.4, 0.5) is 0 Å². The highest BCUT2D eigenvalue weighted by atomic mass is 127. The largest absolute Gasteiger partial charge is 0.478 e. The van der Waals surface area contributed by atoms with E-state index in [0.29, 0.717) is 11.6 Å². The summed E-state index contributed by atoms with van der Waals surface area (Å²) in [6, 6.07) is 5.62. The molecule has 1 saturated heterocycles. The van der Waals surface area contributed by atoms with Crippen LogP contribution in [0.5, 0.6) is 0 Å². The van der Waals surface area contributed by atoms with Crippen molar-refractivity contribution in [3.05, 3.63) is 32.9 Å². The monoisotopic (exact) mass is 303 g/mol. The molecule has 1 aromatic carbocycles. The van der Waals surface area contributed by atoms with Gasteiger partial charge in [-0.3, -0.25) is 0 Å². The van der Waals surface area contributed by atoms with Gasteiger partial charge >= 0.3 is 5.97 Å². The zero-order valence-corrected chi connectivity index (χ0v) is 9.61. The summed E-state index contributed by atoms with van der Waals surface area (Å²) in [5.74, 6) is -0.859. The SMILES string of the molecule is O=C(O)c1ccc(I)c([C@H]2CCN2)c1. The molecule has 0 spiro atoms. The molecular formula is C10H10INO2. The summed E-state index contributed by atoms with van der Waals surface area (Å²) in [5.41, 5.74) is 1.48. The van der Waals surface area contributed by atoms with Crippen molar-refractivity contribution in [3.63, 3.8) is 0 Å². The molecule has 0 bridgehead atoms. The fourth-order valence-corrected chi connectivity index (χ4v) is 2.21. The van der Waals surface area contributed by atoms with E-state index in [4.69, 9.17) is 5.11 Å². The predicted molar refractivity (Wildman–Crippen MR) is 61.5 cm³/mol. The topological polar surface area (TPSA) is 49.3 Å². The van der Waals surface area contributed by atoms with E-state index in [9.17, 15) is 4.79 Å². The zero-order chi connectivity index (χ0) is 10.1. The fraction of sp³-hybridized carbons (Fsp3) is 0.300. The van der Waals surface area contributed by atoms with Crippen LogP contribution < -0.4 is 5.32 Å². The fourth-order valence-electron chi connectivity index (χ4n) is 1.50. The molecule has 0 amide bonds. The lowest BCUT2D eigenvalue weighted by molar-refractivity contribution is 0.0696. The van der Waals surface area contributed by atoms with E-state index in [1.165, 1.54) is 0 Å². The van der Waals surface area contributed by atoms with Crippen LogP contribution in [0.2, 0.25) is 0 Å². The van der Waals surface area contributed by atoms with Crippen molar-refractivity contribution in [1.29, 1.82) is 0 Å². The van der Waals surface area contributed by atoms with E-state index in [1.807, 2.05) is 6.07 Å². The highest BCUT2D eigenvalue weighted by molar-refractivity contribution is 14.1. The summed E-state index contributed by atoms with van der Waals surface area (Å²) in [6.07, 6.45) is 1.10. The third-order valence-electron chi connectivity index (χ3n) is 2.44. The predicted octanol–water partition coefficient (Wildman–Crippen LogP) is 2.02. The van der Waals surface area contributed by atoms with Crippen molar-refractivity contribution in [1.82, 2.24) is 5.32 Å². The number of aromatic carboxylic acids is 1. The molecule has 1 heterocycles. The van der Waals surface area contributed by atoms with Crippen molar-refractivity contribution in [3.8, 4) is 0 Å². The summed E-state index contributed by atoms with van der Waals surface area (Å²) in [6.45, 7) is 1.03. The van der Waals surface area contributed by atoms with Gasteiger partial charge < -0.3 is 10.4 Å². The maximum absolute atomic E-state index is 10.8. The van der Waals surface area contributed by atoms with Crippen LogP contribution in [0, 0.1) is 3.57 Å². The summed E-state index contributed by atoms with van der Waals surface area (Å²) < 4.78 is 1.13. The molecule has 1 atom stereocenters. The average Bonchev–Trinajstić information content (AvgIpc) is 2.05. The quantitative estimate of drug-likeness (QED) is 0.822. The first kappa shape index (κ1) is 9.92. The Morgan fingerprint density at radius 1 is 1.57 bits per heavy atom. The van der Waals surface area contributed by atoms with Gasteiger partial charge in [0, 0.05) is 9.61 Å². The van der Waals surface area contributed by atoms with Gasteiger partial charge in [-0.2, -0.15) is 0 Å². The van der Waals surface area contributed by atoms with E-state index >= 15 is 0 Å². The Balaban J connectivity index is 2.36. The van der Waals surface area contributed by atoms with E-state index in [-0.39, 0.29) is 0 Å². The third kappa shape index (κ3) is 1.76. The molecule has 1 aliphatic heterocycles. The van der Waals surface area contributed by atoms with Gasteiger partial charge in [0.05, 0.1) is 5.56 Å². The zero-order valence-electron chi connectivity index (χ0n) is 7.46. The first-order valence-corrected chi connectivity index (χ1v) is 5.52. The summed E-state index contributed by atoms with van der Waals surface area (Å²) >= 11 is 2.24. The van der Waals surface area contributed by atoms with Gasteiger partial charge in [0.15, 0.2) is 0 Å². The highest BCUT2D eigenvalue weighted by Crippen LogP contribution is 2.27. The van der Waals surface area contributed by atoms with Crippen molar-refractivity contribution in [2.75, 3.05) is 6.54 Å². The number of rotatable bonds is 2. The molecule has 4 heteroatoms. The highest BCUT2D eigenvalue weighted by Gasteiger charge is 2.21. The van der Waals surface area contributed by atoms with Crippen LogP contribution >= 0.6 is 22.6 Å². The van der Waals surface area contributed by atoms with Gasteiger partial charge in [-0.25, -0.2) is 4.79 Å². The van der Waals surface area contributed by atoms with Crippen LogP contribution in [0.1, 0.15) is 28.4 Å². The molecule has 3 nitrogen and oxygen atoms in total. The number of hydrogen-bond acceptors (Lipinski definition) is 2. The number of hydrogen-bond donors (Lipinski definition) is 2. The molecule has 0 radical (unpaired) electrons. The molecular weight excluding hydrogens is 293 g/mol. The molecule has 1 aliphatic rings. The summed E-state index contributed by atoms with van der Waals surface area (Å²) in [7, 11) is 0. The minimum Gasteiger partial charge on any atom is -0.478 e. The number of benzene rings is 1. The van der Waals surface area contributed by atoms with Gasteiger partial charge in [0.1, 0.15) is 0 Å². The van der Waals surface area contributed by atoms with Crippen molar-refractivity contribution in [2.45, 2.75) is 12.5 Å². The second-order valence-electron chi connectivity index (χ2n) is 3.34. The van der Waals surface area contributed by atoms with Crippen molar-refractivity contribution in [2.24, 2.45) is 0 Å². The first-order chi connectivity index (χ1) is 6.68. The van der Waals surface area contributed by atoms with Crippen molar-refractivity contribution >= 4 is 28.6 Å². The van der Waals surface area contributed by atoms with E-state index in [1.54, 1.807) is 12.1 Å². The van der Waals surface area contributed by atoms with Crippen LogP contribution in [0.25, 0.3) is 0 Å². The van der Waals surface area contributed by atoms with Crippen molar-refractivity contribution < 1.29 is 9.90 Å². The second kappa shape index (κ2) is 3.86. The summed E-state index contributed by atoms with van der Waals surface area (Å²) in [5, 5.41) is 12.1. The minimum atomic E-state index is -0.859. The standard InChI is InChI=1S/C10H10INO2/c11-8-2-1-6(10(13)14)5-7(8)9-3-4-12-9/h1-2,5,9,12H,3-4H2,(H,13,14)/t9-/m1/s1. The molecule has 0 saturated carbocycles. The Labute approximate surface area is 95.7 Å². The Hall–Kier alpha value is -0.620. The third-order valence-corrected chi connectivity index (χ3v) is 3.42. The molecule has 0 aliphatic carbocycles. The normalized spacial score (nSPS) is 20.2. The molecule has 2 N–H and O–H groups in total. The maximum atomic E-state index is 10.8. The Kier molecular flexibility index (Phi) is 2.73. The van der Waals surface area contributed by atoms with Gasteiger partial charge in [-0.15, -0.1) is 0 Å². The molecule has 1 fully saturated rings. The van der Waals surface area contributed by atoms with Gasteiger partial charge in [0.2, 0.25) is 0 Å². The number of halogens is 1. The van der Waals surface area contributed by atoms with Crippen LogP contribution in [0.15, 0.2) is 18.2 Å². The number of carbonyl (C=O) groups is 1. The average molecular weight is 303 g/mol.